The van der Waals surface area contributed by atoms with Crippen molar-refractivity contribution in [2.75, 3.05) is 6.54 Å². The summed E-state index contributed by atoms with van der Waals surface area (Å²) in [6.07, 6.45) is 10.6. The van der Waals surface area contributed by atoms with Crippen molar-refractivity contribution >= 4 is 29.3 Å². The Kier molecular flexibility index (Phi) is 17.8. The van der Waals surface area contributed by atoms with Crippen LogP contribution in [0.3, 0.4) is 0 Å². The van der Waals surface area contributed by atoms with Crippen LogP contribution in [0.2, 0.25) is 5.02 Å². The van der Waals surface area contributed by atoms with Crippen molar-refractivity contribution in [3.05, 3.63) is 93.8 Å². The van der Waals surface area contributed by atoms with E-state index in [2.05, 4.69) is 59.8 Å². The van der Waals surface area contributed by atoms with E-state index in [1.165, 1.54) is 17.7 Å². The number of ether oxygens (including phenoxy) is 1. The molecule has 0 bridgehead atoms. The number of aliphatic imine (C=N–C) groups is 1. The number of halogens is 2. The zero-order valence-corrected chi connectivity index (χ0v) is 26.2. The number of hydrazone groups is 1. The third kappa shape index (κ3) is 13.1. The first-order chi connectivity index (χ1) is 20.4. The molecular weight excluding hydrogens is 553 g/mol. The first-order valence-electron chi connectivity index (χ1n) is 13.9. The van der Waals surface area contributed by atoms with Gasteiger partial charge in [-0.05, 0) is 80.4 Å². The summed E-state index contributed by atoms with van der Waals surface area (Å²) in [7, 11) is 0. The Morgan fingerprint density at radius 2 is 1.74 bits per heavy atom. The minimum atomic E-state index is -0.303. The maximum absolute atomic E-state index is 13.4. The summed E-state index contributed by atoms with van der Waals surface area (Å²) in [5.74, 6) is 2.56. The van der Waals surface area contributed by atoms with Crippen LogP contribution in [0.5, 0.6) is 5.75 Å². The van der Waals surface area contributed by atoms with Gasteiger partial charge in [-0.25, -0.2) is 9.38 Å². The normalized spacial score (nSPS) is 11.5. The molecule has 226 valence electrons. The molecule has 0 radical (unpaired) electrons. The predicted molar refractivity (Wildman–Crippen MR) is 174 cm³/mol. The van der Waals surface area contributed by atoms with E-state index in [0.29, 0.717) is 35.4 Å². The van der Waals surface area contributed by atoms with Crippen molar-refractivity contribution in [2.24, 2.45) is 10.1 Å². The topological polar surface area (TPSA) is 83.2 Å². The lowest BCUT2D eigenvalue weighted by Gasteiger charge is -2.10. The number of nitrogens with zero attached hydrogens (tertiary/aromatic N) is 2. The molecule has 2 aromatic carbocycles. The number of amidine groups is 1. The van der Waals surface area contributed by atoms with Crippen LogP contribution in [0.15, 0.2) is 80.4 Å². The number of hydrogen-bond acceptors (Lipinski definition) is 6. The third-order valence-corrected chi connectivity index (χ3v) is 5.92. The van der Waals surface area contributed by atoms with Crippen LogP contribution in [0.25, 0.3) is 0 Å². The molecule has 0 fully saturated rings. The fourth-order valence-electron chi connectivity index (χ4n) is 3.41. The number of furan rings is 1. The number of benzene rings is 2. The molecule has 0 saturated heterocycles. The molecule has 0 aliphatic heterocycles. The molecule has 42 heavy (non-hydrogen) atoms. The molecule has 3 rings (SSSR count). The van der Waals surface area contributed by atoms with E-state index in [4.69, 9.17) is 20.8 Å². The molecule has 0 aliphatic rings. The Morgan fingerprint density at radius 1 is 1.02 bits per heavy atom. The van der Waals surface area contributed by atoms with Crippen LogP contribution in [-0.2, 0) is 19.7 Å². The molecule has 3 N–H and O–H groups in total. The van der Waals surface area contributed by atoms with Gasteiger partial charge >= 0.3 is 0 Å². The van der Waals surface area contributed by atoms with E-state index in [9.17, 15) is 4.39 Å². The van der Waals surface area contributed by atoms with E-state index < -0.39 is 0 Å². The van der Waals surface area contributed by atoms with E-state index >= 15 is 0 Å². The second-order valence-corrected chi connectivity index (χ2v) is 9.06. The number of hydrogen-bond donors (Lipinski definition) is 3. The van der Waals surface area contributed by atoms with Gasteiger partial charge in [0.1, 0.15) is 35.5 Å². The van der Waals surface area contributed by atoms with Crippen molar-refractivity contribution < 1.29 is 13.5 Å². The molecule has 0 atom stereocenters. The Bertz CT molecular complexity index is 1330. The quantitative estimate of drug-likeness (QED) is 0.0804. The number of nitrogens with one attached hydrogen (secondary N) is 3. The first kappa shape index (κ1) is 36.0. The summed E-state index contributed by atoms with van der Waals surface area (Å²) in [4.78, 5) is 4.52. The van der Waals surface area contributed by atoms with Gasteiger partial charge in [-0.1, -0.05) is 51.4 Å². The van der Waals surface area contributed by atoms with Crippen LogP contribution >= 0.6 is 11.6 Å². The molecule has 1 aromatic heterocycles. The van der Waals surface area contributed by atoms with Crippen molar-refractivity contribution in [2.45, 2.75) is 67.7 Å². The fourth-order valence-corrected chi connectivity index (χ4v) is 3.64. The highest BCUT2D eigenvalue weighted by Crippen LogP contribution is 2.29. The second-order valence-electron chi connectivity index (χ2n) is 8.65. The van der Waals surface area contributed by atoms with Gasteiger partial charge in [0.15, 0.2) is 0 Å². The highest BCUT2D eigenvalue weighted by molar-refractivity contribution is 6.32. The van der Waals surface area contributed by atoms with Gasteiger partial charge in [0.2, 0.25) is 0 Å². The van der Waals surface area contributed by atoms with Crippen molar-refractivity contribution in [1.29, 1.82) is 0 Å². The van der Waals surface area contributed by atoms with Gasteiger partial charge in [-0.2, -0.15) is 5.10 Å². The SMILES string of the molecule is C#C.CC.CCNCc1ccc(CNC(/C=N\NC(C)=Nc2ccc(OCc3cccc(F)c3)c(Cl)c2)=C(/C)CC)o1. The molecule has 0 amide bonds. The molecule has 0 saturated carbocycles. The smallest absolute Gasteiger partial charge is 0.138 e. The number of allylic oxidation sites excluding steroid dienone is 2. The standard InChI is InChI=1S/C29H35ClFN5O2.C2H6.C2H2/c1-5-20(3)28(33-17-26-12-11-25(38-26)16-32-6-2)18-34-36-21(4)35-24-10-13-29(27(30)15-24)37-19-22-8-7-9-23(31)14-22;2*1-2/h7-15,18,32-33H,5-6,16-17,19H2,1-4H3,(H,35,36);1-2H3;1-2H/b28-20-,34-18-;;. The van der Waals surface area contributed by atoms with Gasteiger partial charge in [-0.3, -0.25) is 5.43 Å². The molecular formula is C33H43ClFN5O2. The lowest BCUT2D eigenvalue weighted by Crippen LogP contribution is -2.18. The summed E-state index contributed by atoms with van der Waals surface area (Å²) in [5.41, 5.74) is 6.42. The molecule has 9 heteroatoms. The Balaban J connectivity index is 0.00000211. The van der Waals surface area contributed by atoms with Crippen LogP contribution in [-0.4, -0.2) is 18.6 Å². The van der Waals surface area contributed by atoms with Crippen molar-refractivity contribution in [3.63, 3.8) is 0 Å². The maximum Gasteiger partial charge on any atom is 0.138 e. The zero-order chi connectivity index (χ0) is 31.3. The molecule has 1 heterocycles. The second kappa shape index (κ2) is 20.8. The molecule has 7 nitrogen and oxygen atoms in total. The lowest BCUT2D eigenvalue weighted by atomic mass is 10.2. The highest BCUT2D eigenvalue weighted by Gasteiger charge is 2.06. The zero-order valence-electron chi connectivity index (χ0n) is 25.4. The van der Waals surface area contributed by atoms with Gasteiger partial charge in [0.05, 0.1) is 35.7 Å². The summed E-state index contributed by atoms with van der Waals surface area (Å²) >= 11 is 6.37. The predicted octanol–water partition coefficient (Wildman–Crippen LogP) is 8.14. The number of rotatable bonds is 13. The minimum Gasteiger partial charge on any atom is -0.487 e. The molecule has 3 aromatic rings. The van der Waals surface area contributed by atoms with Crippen LogP contribution in [0.1, 0.15) is 65.0 Å². The van der Waals surface area contributed by atoms with E-state index in [1.807, 2.05) is 32.9 Å². The van der Waals surface area contributed by atoms with Gasteiger partial charge in [0, 0.05) is 0 Å². The van der Waals surface area contributed by atoms with Crippen molar-refractivity contribution in [3.8, 4) is 18.6 Å². The van der Waals surface area contributed by atoms with Gasteiger partial charge in [-0.15, -0.1) is 12.8 Å². The Labute approximate surface area is 255 Å². The Hall–Kier alpha value is -4.06. The molecule has 0 aliphatic carbocycles. The average Bonchev–Trinajstić information content (AvgIpc) is 3.46. The van der Waals surface area contributed by atoms with E-state index in [0.717, 1.165) is 35.7 Å². The van der Waals surface area contributed by atoms with Crippen LogP contribution < -0.4 is 20.8 Å². The fraction of sp³-hybridized carbons (Fsp3) is 0.333. The largest absolute Gasteiger partial charge is 0.487 e. The summed E-state index contributed by atoms with van der Waals surface area (Å²) in [5, 5.41) is 11.4. The first-order valence-corrected chi connectivity index (χ1v) is 14.3. The van der Waals surface area contributed by atoms with E-state index in [1.54, 1.807) is 36.5 Å². The number of terminal acetylenes is 1. The van der Waals surface area contributed by atoms with Gasteiger partial charge in [0.25, 0.3) is 0 Å². The Morgan fingerprint density at radius 3 is 2.38 bits per heavy atom. The van der Waals surface area contributed by atoms with Crippen LogP contribution in [0.4, 0.5) is 10.1 Å². The summed E-state index contributed by atoms with van der Waals surface area (Å²) in [6.45, 7) is 14.4. The average molecular weight is 596 g/mol. The summed E-state index contributed by atoms with van der Waals surface area (Å²) in [6, 6.07) is 15.5. The third-order valence-electron chi connectivity index (χ3n) is 5.63. The molecule has 0 spiro atoms. The van der Waals surface area contributed by atoms with Crippen molar-refractivity contribution in [1.82, 2.24) is 16.1 Å². The van der Waals surface area contributed by atoms with E-state index in [-0.39, 0.29) is 12.4 Å². The monoisotopic (exact) mass is 595 g/mol. The maximum atomic E-state index is 13.4. The van der Waals surface area contributed by atoms with Gasteiger partial charge < -0.3 is 19.8 Å². The minimum absolute atomic E-state index is 0.216. The molecule has 0 unspecified atom stereocenters. The highest BCUT2D eigenvalue weighted by atomic mass is 35.5. The van der Waals surface area contributed by atoms with Crippen LogP contribution in [0, 0.1) is 18.7 Å². The summed E-state index contributed by atoms with van der Waals surface area (Å²) < 4.78 is 24.9. The lowest BCUT2D eigenvalue weighted by molar-refractivity contribution is 0.306.